The molecule has 2 aromatic rings. The third-order valence-corrected chi connectivity index (χ3v) is 2.73. The van der Waals surface area contributed by atoms with E-state index in [0.29, 0.717) is 0 Å². The number of hydrogen-bond donors (Lipinski definition) is 0. The van der Waals surface area contributed by atoms with E-state index in [9.17, 15) is 0 Å². The van der Waals surface area contributed by atoms with Crippen LogP contribution in [-0.2, 0) is 0 Å². The van der Waals surface area contributed by atoms with Crippen LogP contribution in [0.3, 0.4) is 0 Å². The van der Waals surface area contributed by atoms with Crippen LogP contribution in [0.2, 0.25) is 0 Å². The normalized spacial score (nSPS) is 10.5. The van der Waals surface area contributed by atoms with E-state index < -0.39 is 0 Å². The molecule has 14 heavy (non-hydrogen) atoms. The molecule has 72 valence electrons. The second-order valence-corrected chi connectivity index (χ2v) is 4.06. The molecule has 0 aliphatic heterocycles. The molecule has 2 rings (SSSR count). The van der Waals surface area contributed by atoms with Crippen molar-refractivity contribution in [1.82, 2.24) is 15.0 Å². The SMILES string of the molecule is Cc1nnn(-c2ccc(Br)cc2)c1C. The highest BCUT2D eigenvalue weighted by molar-refractivity contribution is 9.10. The predicted octanol–water partition coefficient (Wildman–Crippen LogP) is 2.65. The van der Waals surface area contributed by atoms with Crippen molar-refractivity contribution in [2.75, 3.05) is 0 Å². The Kier molecular flexibility index (Phi) is 2.37. The minimum atomic E-state index is 0.966. The van der Waals surface area contributed by atoms with Gasteiger partial charge in [-0.3, -0.25) is 0 Å². The lowest BCUT2D eigenvalue weighted by atomic mass is 10.3. The lowest BCUT2D eigenvalue weighted by molar-refractivity contribution is 0.784. The lowest BCUT2D eigenvalue weighted by Gasteiger charge is -2.02. The lowest BCUT2D eigenvalue weighted by Crippen LogP contribution is -1.98. The fourth-order valence-electron chi connectivity index (χ4n) is 1.23. The average molecular weight is 252 g/mol. The molecule has 4 heteroatoms. The number of aryl methyl sites for hydroxylation is 1. The molecule has 0 aliphatic carbocycles. The van der Waals surface area contributed by atoms with Crippen LogP contribution in [0, 0.1) is 13.8 Å². The maximum Gasteiger partial charge on any atom is 0.0830 e. The van der Waals surface area contributed by atoms with Crippen LogP contribution in [0.5, 0.6) is 0 Å². The molecular formula is C10H10BrN3. The summed E-state index contributed by atoms with van der Waals surface area (Å²) >= 11 is 3.40. The van der Waals surface area contributed by atoms with Crippen molar-refractivity contribution in [3.8, 4) is 5.69 Å². The summed E-state index contributed by atoms with van der Waals surface area (Å²) in [6.07, 6.45) is 0. The number of rotatable bonds is 1. The van der Waals surface area contributed by atoms with Gasteiger partial charge in [-0.25, -0.2) is 4.68 Å². The molecule has 0 atom stereocenters. The van der Waals surface area contributed by atoms with Gasteiger partial charge in [0.25, 0.3) is 0 Å². The van der Waals surface area contributed by atoms with Crippen LogP contribution < -0.4 is 0 Å². The molecule has 0 saturated carbocycles. The summed E-state index contributed by atoms with van der Waals surface area (Å²) < 4.78 is 2.90. The van der Waals surface area contributed by atoms with Gasteiger partial charge in [0.05, 0.1) is 17.1 Å². The second-order valence-electron chi connectivity index (χ2n) is 3.15. The van der Waals surface area contributed by atoms with E-state index in [4.69, 9.17) is 0 Å². The van der Waals surface area contributed by atoms with Crippen LogP contribution in [0.25, 0.3) is 5.69 Å². The molecule has 1 aromatic heterocycles. The molecule has 1 aromatic carbocycles. The molecular weight excluding hydrogens is 242 g/mol. The van der Waals surface area contributed by atoms with Gasteiger partial charge in [-0.1, -0.05) is 21.1 Å². The van der Waals surface area contributed by atoms with E-state index in [1.54, 1.807) is 0 Å². The van der Waals surface area contributed by atoms with E-state index in [1.165, 1.54) is 0 Å². The molecule has 0 unspecified atom stereocenters. The molecule has 0 N–H and O–H groups in total. The van der Waals surface area contributed by atoms with Crippen molar-refractivity contribution in [2.24, 2.45) is 0 Å². The number of aromatic nitrogens is 3. The molecule has 1 heterocycles. The van der Waals surface area contributed by atoms with Crippen molar-refractivity contribution >= 4 is 15.9 Å². The molecule has 0 spiro atoms. The van der Waals surface area contributed by atoms with Crippen LogP contribution in [-0.4, -0.2) is 15.0 Å². The van der Waals surface area contributed by atoms with Gasteiger partial charge in [-0.2, -0.15) is 0 Å². The quantitative estimate of drug-likeness (QED) is 0.781. The summed E-state index contributed by atoms with van der Waals surface area (Å²) in [5, 5.41) is 8.08. The van der Waals surface area contributed by atoms with Crippen LogP contribution in [0.4, 0.5) is 0 Å². The van der Waals surface area contributed by atoms with Crippen molar-refractivity contribution in [3.05, 3.63) is 40.1 Å². The van der Waals surface area contributed by atoms with Crippen molar-refractivity contribution < 1.29 is 0 Å². The Morgan fingerprint density at radius 3 is 2.29 bits per heavy atom. The number of benzene rings is 1. The van der Waals surface area contributed by atoms with Gasteiger partial charge >= 0.3 is 0 Å². The molecule has 0 fully saturated rings. The van der Waals surface area contributed by atoms with Gasteiger partial charge in [0.2, 0.25) is 0 Å². The van der Waals surface area contributed by atoms with Crippen LogP contribution in [0.1, 0.15) is 11.4 Å². The third kappa shape index (κ3) is 1.57. The van der Waals surface area contributed by atoms with Crippen molar-refractivity contribution in [3.63, 3.8) is 0 Å². The summed E-state index contributed by atoms with van der Waals surface area (Å²) in [6.45, 7) is 3.97. The Hall–Kier alpha value is -1.16. The maximum atomic E-state index is 4.07. The Morgan fingerprint density at radius 2 is 1.79 bits per heavy atom. The number of hydrogen-bond acceptors (Lipinski definition) is 2. The highest BCUT2D eigenvalue weighted by atomic mass is 79.9. The number of halogens is 1. The summed E-state index contributed by atoms with van der Waals surface area (Å²) in [5.74, 6) is 0. The monoisotopic (exact) mass is 251 g/mol. The fraction of sp³-hybridized carbons (Fsp3) is 0.200. The van der Waals surface area contributed by atoms with E-state index >= 15 is 0 Å². The van der Waals surface area contributed by atoms with E-state index in [0.717, 1.165) is 21.5 Å². The minimum Gasteiger partial charge on any atom is -0.218 e. The van der Waals surface area contributed by atoms with Crippen LogP contribution >= 0.6 is 15.9 Å². The van der Waals surface area contributed by atoms with E-state index in [-0.39, 0.29) is 0 Å². The number of nitrogens with zero attached hydrogens (tertiary/aromatic N) is 3. The predicted molar refractivity (Wildman–Crippen MR) is 58.5 cm³/mol. The zero-order valence-electron chi connectivity index (χ0n) is 8.03. The van der Waals surface area contributed by atoms with Crippen LogP contribution in [0.15, 0.2) is 28.7 Å². The Morgan fingerprint density at radius 1 is 1.14 bits per heavy atom. The zero-order chi connectivity index (χ0) is 10.1. The summed E-state index contributed by atoms with van der Waals surface area (Å²) in [5.41, 5.74) is 3.08. The van der Waals surface area contributed by atoms with Gasteiger partial charge in [0.15, 0.2) is 0 Å². The third-order valence-electron chi connectivity index (χ3n) is 2.20. The summed E-state index contributed by atoms with van der Waals surface area (Å²) in [7, 11) is 0. The van der Waals surface area contributed by atoms with Gasteiger partial charge in [-0.15, -0.1) is 5.10 Å². The smallest absolute Gasteiger partial charge is 0.0830 e. The first-order valence-electron chi connectivity index (χ1n) is 4.33. The Labute approximate surface area is 90.9 Å². The summed E-state index contributed by atoms with van der Waals surface area (Å²) in [6, 6.07) is 7.99. The second kappa shape index (κ2) is 3.53. The zero-order valence-corrected chi connectivity index (χ0v) is 9.62. The maximum absolute atomic E-state index is 4.07. The largest absolute Gasteiger partial charge is 0.218 e. The molecule has 0 radical (unpaired) electrons. The molecule has 0 bridgehead atoms. The first kappa shape index (κ1) is 9.40. The van der Waals surface area contributed by atoms with Gasteiger partial charge in [0.1, 0.15) is 0 Å². The van der Waals surface area contributed by atoms with Crippen molar-refractivity contribution in [1.29, 1.82) is 0 Å². The van der Waals surface area contributed by atoms with Gasteiger partial charge in [-0.05, 0) is 38.1 Å². The topological polar surface area (TPSA) is 30.7 Å². The van der Waals surface area contributed by atoms with Gasteiger partial charge in [0, 0.05) is 4.47 Å². The summed E-state index contributed by atoms with van der Waals surface area (Å²) in [4.78, 5) is 0. The molecule has 0 saturated heterocycles. The Balaban J connectivity index is 2.49. The molecule has 0 amide bonds. The Bertz CT molecular complexity index is 445. The van der Waals surface area contributed by atoms with E-state index in [2.05, 4.69) is 26.2 Å². The molecule has 0 aliphatic rings. The highest BCUT2D eigenvalue weighted by Gasteiger charge is 2.05. The minimum absolute atomic E-state index is 0.966. The standard InChI is InChI=1S/C10H10BrN3/c1-7-8(2)14(13-12-7)10-5-3-9(11)4-6-10/h3-6H,1-2H3. The first-order chi connectivity index (χ1) is 6.68. The fourth-order valence-corrected chi connectivity index (χ4v) is 1.50. The first-order valence-corrected chi connectivity index (χ1v) is 5.12. The van der Waals surface area contributed by atoms with Crippen molar-refractivity contribution in [2.45, 2.75) is 13.8 Å². The van der Waals surface area contributed by atoms with Gasteiger partial charge < -0.3 is 0 Å². The highest BCUT2D eigenvalue weighted by Crippen LogP contribution is 2.15. The van der Waals surface area contributed by atoms with E-state index in [1.807, 2.05) is 42.8 Å². The molecule has 3 nitrogen and oxygen atoms in total. The average Bonchev–Trinajstić information content (AvgIpc) is 2.50.